The number of hydrogen-bond donors (Lipinski definition) is 2. The van der Waals surface area contributed by atoms with Crippen LogP contribution < -0.4 is 29.0 Å². The Morgan fingerprint density at radius 3 is 2.13 bits per heavy atom. The highest BCUT2D eigenvalue weighted by atomic mass is 32.2. The largest absolute Gasteiger partial charge is 0.496 e. The van der Waals surface area contributed by atoms with E-state index >= 15 is 0 Å². The first-order chi connectivity index (χ1) is 24.9. The number of imide groups is 1. The van der Waals surface area contributed by atoms with Crippen molar-refractivity contribution < 1.29 is 60.9 Å². The Hall–Kier alpha value is -6.10. The molecule has 16 nitrogen and oxygen atoms in total. The van der Waals surface area contributed by atoms with Crippen LogP contribution in [0.1, 0.15) is 47.2 Å². The summed E-state index contributed by atoms with van der Waals surface area (Å²) in [5.41, 5.74) is 0.937. The van der Waals surface area contributed by atoms with Crippen LogP contribution >= 0.6 is 0 Å². The van der Waals surface area contributed by atoms with E-state index in [9.17, 15) is 32.4 Å². The highest BCUT2D eigenvalue weighted by molar-refractivity contribution is 7.95. The van der Waals surface area contributed by atoms with Gasteiger partial charge >= 0.3 is 12.1 Å². The van der Waals surface area contributed by atoms with Gasteiger partial charge in [-0.25, -0.2) is 18.0 Å². The summed E-state index contributed by atoms with van der Waals surface area (Å²) < 4.78 is 54.7. The van der Waals surface area contributed by atoms with Gasteiger partial charge in [-0.2, -0.15) is 0 Å². The second-order valence-corrected chi connectivity index (χ2v) is 12.6. The Kier molecular flexibility index (Phi) is 13.2. The third kappa shape index (κ3) is 10.2. The van der Waals surface area contributed by atoms with E-state index in [1.165, 1.54) is 58.8 Å². The summed E-state index contributed by atoms with van der Waals surface area (Å²) in [5, 5.41) is 3.86. The number of carbonyl (C=O) groups is 5. The average molecular weight is 740 g/mol. The highest BCUT2D eigenvalue weighted by Gasteiger charge is 2.33. The Morgan fingerprint density at radius 2 is 1.50 bits per heavy atom. The van der Waals surface area contributed by atoms with E-state index < -0.39 is 33.9 Å². The van der Waals surface area contributed by atoms with Gasteiger partial charge in [0, 0.05) is 37.8 Å². The molecule has 52 heavy (non-hydrogen) atoms. The topological polar surface area (TPSA) is 202 Å². The molecular weight excluding hydrogens is 702 g/mol. The monoisotopic (exact) mass is 739 g/mol. The molecule has 1 aliphatic rings. The van der Waals surface area contributed by atoms with Crippen molar-refractivity contribution in [1.29, 1.82) is 0 Å². The number of benzene rings is 3. The van der Waals surface area contributed by atoms with E-state index in [4.69, 9.17) is 28.5 Å². The number of anilines is 2. The summed E-state index contributed by atoms with van der Waals surface area (Å²) in [4.78, 5) is 66.5. The van der Waals surface area contributed by atoms with E-state index in [1.54, 1.807) is 30.3 Å². The maximum Gasteiger partial charge on any atom is 0.411 e. The molecule has 0 saturated carbocycles. The third-order valence-corrected chi connectivity index (χ3v) is 8.52. The first kappa shape index (κ1) is 38.7. The number of nitrogens with one attached hydrogen (secondary N) is 2. The summed E-state index contributed by atoms with van der Waals surface area (Å²) in [6.07, 6.45) is 0.333. The number of amides is 3. The van der Waals surface area contributed by atoms with Gasteiger partial charge < -0.3 is 28.5 Å². The fourth-order valence-electron chi connectivity index (χ4n) is 4.97. The van der Waals surface area contributed by atoms with Crippen molar-refractivity contribution in [2.75, 3.05) is 45.1 Å². The Labute approximate surface area is 299 Å². The summed E-state index contributed by atoms with van der Waals surface area (Å²) in [5.74, 6) is -1.14. The molecule has 17 heteroatoms. The van der Waals surface area contributed by atoms with Gasteiger partial charge in [-0.3, -0.25) is 24.4 Å². The minimum atomic E-state index is -4.07. The number of rotatable bonds is 17. The van der Waals surface area contributed by atoms with Crippen LogP contribution in [-0.4, -0.2) is 78.2 Å². The summed E-state index contributed by atoms with van der Waals surface area (Å²) in [6, 6.07) is 13.5. The Bertz CT molecular complexity index is 1940. The molecule has 4 rings (SSSR count). The van der Waals surface area contributed by atoms with Crippen LogP contribution in [0.25, 0.3) is 6.08 Å². The van der Waals surface area contributed by atoms with Crippen LogP contribution in [0.2, 0.25) is 0 Å². The number of ether oxygens (including phenoxy) is 5. The number of hydrogen-bond acceptors (Lipinski definition) is 13. The average Bonchev–Trinajstić information content (AvgIpc) is 3.44. The standard InChI is InChI=1S/C35H37N3O13S/c1-46-25-20-30(48-3)27(31(21-25)49-4)15-17-52(44,45)37-23-11-12-29(47-2)28(19-23)36-35(43)50-16-7-9-24(39)18-22-8-5-6-10-26(22)34(42)51-38-32(40)13-14-33(38)41/h5-6,8,10-12,15,17,19-21,37H,7,9,13-14,16,18H2,1-4H3,(H,36,43)/b17-15+. The normalized spacial score (nSPS) is 12.7. The number of sulfonamides is 1. The van der Waals surface area contributed by atoms with Gasteiger partial charge in [0.2, 0.25) is 0 Å². The molecular formula is C35H37N3O13S. The van der Waals surface area contributed by atoms with Crippen molar-refractivity contribution in [3.8, 4) is 23.0 Å². The summed E-state index contributed by atoms with van der Waals surface area (Å²) >= 11 is 0. The van der Waals surface area contributed by atoms with Crippen LogP contribution in [0.4, 0.5) is 16.2 Å². The number of methoxy groups -OCH3 is 4. The number of ketones is 1. The fraction of sp³-hybridized carbons (Fsp3) is 0.286. The molecule has 0 aromatic heterocycles. The van der Waals surface area contributed by atoms with Gasteiger partial charge in [-0.05, 0) is 42.3 Å². The molecule has 3 aromatic carbocycles. The number of Topliss-reactive ketones (excluding diaryl/α,β-unsaturated/α-hetero) is 1. The van der Waals surface area contributed by atoms with Crippen molar-refractivity contribution in [2.45, 2.75) is 32.1 Å². The third-order valence-electron chi connectivity index (χ3n) is 7.50. The van der Waals surface area contributed by atoms with E-state index in [1.807, 2.05) is 0 Å². The van der Waals surface area contributed by atoms with Gasteiger partial charge in [0.05, 0.1) is 63.0 Å². The first-order valence-corrected chi connectivity index (χ1v) is 17.2. The molecule has 1 heterocycles. The van der Waals surface area contributed by atoms with Crippen molar-refractivity contribution in [1.82, 2.24) is 5.06 Å². The molecule has 1 fully saturated rings. The Balaban J connectivity index is 1.31. The molecule has 0 atom stereocenters. The van der Waals surface area contributed by atoms with Crippen LogP contribution in [0.3, 0.4) is 0 Å². The van der Waals surface area contributed by atoms with Crippen LogP contribution in [0, 0.1) is 0 Å². The second kappa shape index (κ2) is 17.7. The molecule has 1 aliphatic heterocycles. The molecule has 276 valence electrons. The SMILES string of the molecule is COc1cc(OC)c(/C=C/S(=O)(=O)Nc2ccc(OC)c(NC(=O)OCCCC(=O)Cc3ccccc3C(=O)ON3C(=O)CCC3=O)c2)c(OC)c1. The summed E-state index contributed by atoms with van der Waals surface area (Å²) in [6.45, 7) is -0.141. The lowest BCUT2D eigenvalue weighted by molar-refractivity contribution is -0.172. The molecule has 2 N–H and O–H groups in total. The number of carbonyl (C=O) groups excluding carboxylic acids is 5. The Morgan fingerprint density at radius 1 is 0.846 bits per heavy atom. The maximum absolute atomic E-state index is 12.9. The first-order valence-electron chi connectivity index (χ1n) is 15.7. The smallest absolute Gasteiger partial charge is 0.411 e. The maximum atomic E-state index is 12.9. The van der Waals surface area contributed by atoms with Crippen molar-refractivity contribution in [3.63, 3.8) is 0 Å². The zero-order valence-electron chi connectivity index (χ0n) is 28.8. The van der Waals surface area contributed by atoms with Gasteiger partial charge in [0.15, 0.2) is 0 Å². The van der Waals surface area contributed by atoms with Gasteiger partial charge in [-0.1, -0.05) is 18.2 Å². The molecule has 0 spiro atoms. The van der Waals surface area contributed by atoms with Crippen LogP contribution in [-0.2, 0) is 40.4 Å². The van der Waals surface area contributed by atoms with Crippen molar-refractivity contribution in [3.05, 3.63) is 76.7 Å². The van der Waals surface area contributed by atoms with E-state index in [0.717, 1.165) is 5.41 Å². The van der Waals surface area contributed by atoms with Crippen molar-refractivity contribution in [2.24, 2.45) is 0 Å². The fourth-order valence-corrected chi connectivity index (χ4v) is 5.81. The van der Waals surface area contributed by atoms with Crippen LogP contribution in [0.5, 0.6) is 23.0 Å². The number of hydroxylamine groups is 2. The minimum Gasteiger partial charge on any atom is -0.496 e. The van der Waals surface area contributed by atoms with E-state index in [0.29, 0.717) is 33.4 Å². The molecule has 1 saturated heterocycles. The predicted octanol–water partition coefficient (Wildman–Crippen LogP) is 4.49. The molecule has 3 amide bonds. The summed E-state index contributed by atoms with van der Waals surface area (Å²) in [7, 11) is 1.61. The minimum absolute atomic E-state index is 0.00212. The zero-order valence-corrected chi connectivity index (χ0v) is 29.6. The van der Waals surface area contributed by atoms with Crippen LogP contribution in [0.15, 0.2) is 60.0 Å². The van der Waals surface area contributed by atoms with E-state index in [2.05, 4.69) is 10.0 Å². The van der Waals surface area contributed by atoms with Gasteiger partial charge in [-0.15, -0.1) is 5.06 Å². The van der Waals surface area contributed by atoms with Gasteiger partial charge in [0.1, 0.15) is 28.8 Å². The quantitative estimate of drug-likeness (QED) is 0.145. The second-order valence-electron chi connectivity index (χ2n) is 11.0. The number of nitrogens with zero attached hydrogens (tertiary/aromatic N) is 1. The zero-order chi connectivity index (χ0) is 37.8. The lowest BCUT2D eigenvalue weighted by Gasteiger charge is -2.14. The molecule has 3 aromatic rings. The van der Waals surface area contributed by atoms with E-state index in [-0.39, 0.29) is 67.2 Å². The molecule has 0 radical (unpaired) electrons. The predicted molar refractivity (Wildman–Crippen MR) is 187 cm³/mol. The molecule has 0 aliphatic carbocycles. The molecule has 0 unspecified atom stereocenters. The molecule has 0 bridgehead atoms. The van der Waals surface area contributed by atoms with Crippen molar-refractivity contribution >= 4 is 57.1 Å². The van der Waals surface area contributed by atoms with Gasteiger partial charge in [0.25, 0.3) is 21.8 Å². The lowest BCUT2D eigenvalue weighted by Crippen LogP contribution is -2.32. The highest BCUT2D eigenvalue weighted by Crippen LogP contribution is 2.35. The lowest BCUT2D eigenvalue weighted by atomic mass is 10.0.